The van der Waals surface area contributed by atoms with Gasteiger partial charge in [0.05, 0.1) is 22.2 Å². The minimum atomic E-state index is 0.669. The summed E-state index contributed by atoms with van der Waals surface area (Å²) in [6.45, 7) is 8.63. The van der Waals surface area contributed by atoms with E-state index < -0.39 is 0 Å². The lowest BCUT2D eigenvalue weighted by molar-refractivity contribution is 0.300. The molecule has 0 N–H and O–H groups in total. The molecule has 130 valence electrons. The van der Waals surface area contributed by atoms with Crippen LogP contribution in [0.15, 0.2) is 70.7 Å². The summed E-state index contributed by atoms with van der Waals surface area (Å²) in [6, 6.07) is 3.88. The van der Waals surface area contributed by atoms with Crippen molar-refractivity contribution in [2.45, 2.75) is 25.7 Å². The van der Waals surface area contributed by atoms with Gasteiger partial charge in [0.25, 0.3) is 0 Å². The molecule has 0 saturated carbocycles. The molecule has 0 saturated heterocycles. The van der Waals surface area contributed by atoms with Crippen LogP contribution in [-0.2, 0) is 0 Å². The van der Waals surface area contributed by atoms with Gasteiger partial charge in [-0.05, 0) is 69.7 Å². The summed E-state index contributed by atoms with van der Waals surface area (Å²) in [4.78, 5) is 0. The number of hydrogen-bond acceptors (Lipinski definition) is 2. The summed E-state index contributed by atoms with van der Waals surface area (Å²) >= 11 is 7.09. The second kappa shape index (κ2) is 13.1. The molecule has 1 rings (SSSR count). The monoisotopic (exact) mass is 454 g/mol. The number of rotatable bonds is 12. The first-order chi connectivity index (χ1) is 11.7. The van der Waals surface area contributed by atoms with Crippen LogP contribution in [0.1, 0.15) is 25.7 Å². The first-order valence-electron chi connectivity index (χ1n) is 7.98. The second-order valence-corrected chi connectivity index (χ2v) is 6.73. The fraction of sp³-hybridized carbons (Fsp3) is 0.300. The highest BCUT2D eigenvalue weighted by molar-refractivity contribution is 9.11. The van der Waals surface area contributed by atoms with Crippen LogP contribution in [0.2, 0.25) is 0 Å². The summed E-state index contributed by atoms with van der Waals surface area (Å²) < 4.78 is 13.4. The summed E-state index contributed by atoms with van der Waals surface area (Å²) in [5.41, 5.74) is 0. The van der Waals surface area contributed by atoms with Crippen molar-refractivity contribution in [3.05, 3.63) is 70.7 Å². The van der Waals surface area contributed by atoms with Crippen LogP contribution in [0.5, 0.6) is 11.5 Å². The van der Waals surface area contributed by atoms with Gasteiger partial charge in [-0.2, -0.15) is 0 Å². The van der Waals surface area contributed by atoms with Gasteiger partial charge in [-0.25, -0.2) is 0 Å². The van der Waals surface area contributed by atoms with E-state index in [0.717, 1.165) is 46.1 Å². The Kier molecular flexibility index (Phi) is 11.3. The second-order valence-electron chi connectivity index (χ2n) is 5.02. The number of halogens is 2. The Balaban J connectivity index is 2.44. The average Bonchev–Trinajstić information content (AvgIpc) is 2.57. The Hall–Kier alpha value is -1.26. The molecule has 0 bridgehead atoms. The predicted octanol–water partition coefficient (Wildman–Crippen LogP) is 7.01. The molecule has 0 fully saturated rings. The molecule has 0 aliphatic carbocycles. The lowest BCUT2D eigenvalue weighted by Gasteiger charge is -2.12. The van der Waals surface area contributed by atoms with Gasteiger partial charge >= 0.3 is 0 Å². The van der Waals surface area contributed by atoms with Crippen molar-refractivity contribution < 1.29 is 9.47 Å². The van der Waals surface area contributed by atoms with Gasteiger partial charge < -0.3 is 9.47 Å². The first-order valence-corrected chi connectivity index (χ1v) is 9.57. The van der Waals surface area contributed by atoms with Crippen molar-refractivity contribution in [3.8, 4) is 11.5 Å². The molecule has 0 amide bonds. The maximum Gasteiger partial charge on any atom is 0.134 e. The molecule has 0 spiro atoms. The zero-order valence-electron chi connectivity index (χ0n) is 13.8. The third kappa shape index (κ3) is 8.55. The van der Waals surface area contributed by atoms with E-state index >= 15 is 0 Å². The third-order valence-electron chi connectivity index (χ3n) is 3.08. The third-order valence-corrected chi connectivity index (χ3v) is 4.32. The molecule has 0 aromatic heterocycles. The Labute approximate surface area is 162 Å². The number of benzene rings is 1. The molecule has 1 aromatic carbocycles. The van der Waals surface area contributed by atoms with Gasteiger partial charge in [0.1, 0.15) is 11.5 Å². The molecule has 24 heavy (non-hydrogen) atoms. The van der Waals surface area contributed by atoms with Gasteiger partial charge in [-0.15, -0.1) is 0 Å². The van der Waals surface area contributed by atoms with Crippen LogP contribution in [0.4, 0.5) is 0 Å². The highest BCUT2D eigenvalue weighted by Gasteiger charge is 2.09. The van der Waals surface area contributed by atoms with Crippen molar-refractivity contribution in [2.75, 3.05) is 13.2 Å². The summed E-state index contributed by atoms with van der Waals surface area (Å²) in [6.07, 6.45) is 15.5. The van der Waals surface area contributed by atoms with Crippen molar-refractivity contribution in [3.63, 3.8) is 0 Å². The largest absolute Gasteiger partial charge is 0.492 e. The number of unbranched alkanes of at least 4 members (excludes halogenated alkanes) is 2. The van der Waals surface area contributed by atoms with Gasteiger partial charge in [-0.1, -0.05) is 49.6 Å². The van der Waals surface area contributed by atoms with Crippen molar-refractivity contribution in [2.24, 2.45) is 0 Å². The summed E-state index contributed by atoms with van der Waals surface area (Å²) in [7, 11) is 0. The molecule has 4 heteroatoms. The molecule has 0 radical (unpaired) electrons. The van der Waals surface area contributed by atoms with Crippen LogP contribution in [0.3, 0.4) is 0 Å². The Morgan fingerprint density at radius 1 is 0.792 bits per heavy atom. The first kappa shape index (κ1) is 20.8. The van der Waals surface area contributed by atoms with Crippen LogP contribution in [0.25, 0.3) is 0 Å². The fourth-order valence-corrected chi connectivity index (χ4v) is 2.76. The molecule has 2 nitrogen and oxygen atoms in total. The van der Waals surface area contributed by atoms with Crippen LogP contribution in [-0.4, -0.2) is 13.2 Å². The zero-order valence-corrected chi connectivity index (χ0v) is 17.0. The van der Waals surface area contributed by atoms with E-state index in [9.17, 15) is 0 Å². The minimum Gasteiger partial charge on any atom is -0.492 e. The molecular weight excluding hydrogens is 432 g/mol. The standard InChI is InChI=1S/C20H24Br2O2/c1-3-5-7-9-11-13-23-19-15-18(22)20(16-17(19)21)24-14-12-10-8-6-4-2/h3-8,15-16H,1-2,9-14H2/b7-5+,8-6+. The lowest BCUT2D eigenvalue weighted by Crippen LogP contribution is -2.00. The maximum atomic E-state index is 5.81. The Morgan fingerprint density at radius 3 is 1.58 bits per heavy atom. The number of ether oxygens (including phenoxy) is 2. The molecule has 1 aromatic rings. The van der Waals surface area contributed by atoms with Crippen LogP contribution < -0.4 is 9.47 Å². The average molecular weight is 456 g/mol. The number of allylic oxidation sites excluding steroid dienone is 6. The van der Waals surface area contributed by atoms with E-state index in [1.807, 2.05) is 24.3 Å². The van der Waals surface area contributed by atoms with Crippen LogP contribution in [0, 0.1) is 0 Å². The number of hydrogen-bond donors (Lipinski definition) is 0. The smallest absolute Gasteiger partial charge is 0.134 e. The minimum absolute atomic E-state index is 0.669. The van der Waals surface area contributed by atoms with Gasteiger partial charge in [0.15, 0.2) is 0 Å². The van der Waals surface area contributed by atoms with E-state index in [-0.39, 0.29) is 0 Å². The van der Waals surface area contributed by atoms with Gasteiger partial charge in [0, 0.05) is 0 Å². The lowest BCUT2D eigenvalue weighted by atomic mass is 10.3. The molecule has 0 aliphatic rings. The van der Waals surface area contributed by atoms with E-state index in [1.165, 1.54) is 0 Å². The quantitative estimate of drug-likeness (QED) is 0.249. The topological polar surface area (TPSA) is 18.5 Å². The van der Waals surface area contributed by atoms with Crippen LogP contribution >= 0.6 is 31.9 Å². The molecular formula is C20H24Br2O2. The van der Waals surface area contributed by atoms with Crippen molar-refractivity contribution >= 4 is 31.9 Å². The summed E-state index contributed by atoms with van der Waals surface area (Å²) in [5, 5.41) is 0. The zero-order chi connectivity index (χ0) is 17.6. The van der Waals surface area contributed by atoms with Gasteiger partial charge in [-0.3, -0.25) is 0 Å². The molecule has 0 heterocycles. The van der Waals surface area contributed by atoms with E-state index in [2.05, 4.69) is 57.2 Å². The predicted molar refractivity (Wildman–Crippen MR) is 110 cm³/mol. The van der Waals surface area contributed by atoms with E-state index in [1.54, 1.807) is 12.2 Å². The fourth-order valence-electron chi connectivity index (χ4n) is 1.88. The van der Waals surface area contributed by atoms with E-state index in [4.69, 9.17) is 9.47 Å². The normalized spacial score (nSPS) is 11.1. The molecule has 0 aliphatic heterocycles. The van der Waals surface area contributed by atoms with E-state index in [0.29, 0.717) is 13.2 Å². The maximum absolute atomic E-state index is 5.81. The Morgan fingerprint density at radius 2 is 1.21 bits per heavy atom. The van der Waals surface area contributed by atoms with Crippen molar-refractivity contribution in [1.29, 1.82) is 0 Å². The van der Waals surface area contributed by atoms with Crippen molar-refractivity contribution in [1.82, 2.24) is 0 Å². The Bertz CT molecular complexity index is 525. The SMILES string of the molecule is C=C/C=C/CCCOc1cc(Br)c(OCCC/C=C/C=C)cc1Br. The summed E-state index contributed by atoms with van der Waals surface area (Å²) in [5.74, 6) is 1.63. The highest BCUT2D eigenvalue weighted by atomic mass is 79.9. The molecule has 0 unspecified atom stereocenters. The van der Waals surface area contributed by atoms with Gasteiger partial charge in [0.2, 0.25) is 0 Å². The molecule has 0 atom stereocenters. The highest BCUT2D eigenvalue weighted by Crippen LogP contribution is 2.36.